The van der Waals surface area contributed by atoms with Gasteiger partial charge in [-0.1, -0.05) is 13.3 Å². The summed E-state index contributed by atoms with van der Waals surface area (Å²) >= 11 is 0. The number of nitrogens with one attached hydrogen (secondary N) is 1. The van der Waals surface area contributed by atoms with Gasteiger partial charge in [0.1, 0.15) is 29.5 Å². The molecule has 172 valence electrons. The molecule has 0 atom stereocenters. The van der Waals surface area contributed by atoms with Crippen LogP contribution in [0.15, 0.2) is 55.0 Å². The number of aryl methyl sites for hydroxylation is 1. The normalized spacial score (nSPS) is 13.6. The van der Waals surface area contributed by atoms with E-state index in [2.05, 4.69) is 32.1 Å². The molecule has 1 aliphatic rings. The van der Waals surface area contributed by atoms with Crippen LogP contribution < -0.4 is 15.0 Å². The fourth-order valence-electron chi connectivity index (χ4n) is 3.67. The van der Waals surface area contributed by atoms with Gasteiger partial charge in [-0.05, 0) is 55.3 Å². The maximum absolute atomic E-state index is 12.9. The lowest BCUT2D eigenvalue weighted by atomic mass is 10.1. The maximum atomic E-state index is 12.9. The van der Waals surface area contributed by atoms with Crippen molar-refractivity contribution in [3.8, 4) is 5.75 Å². The van der Waals surface area contributed by atoms with Crippen molar-refractivity contribution in [2.75, 3.05) is 43.0 Å². The van der Waals surface area contributed by atoms with E-state index in [1.54, 1.807) is 12.5 Å². The van der Waals surface area contributed by atoms with Crippen molar-refractivity contribution in [2.45, 2.75) is 26.7 Å². The second-order valence-electron chi connectivity index (χ2n) is 8.11. The number of ether oxygens (including phenoxy) is 1. The van der Waals surface area contributed by atoms with Crippen molar-refractivity contribution in [3.05, 3.63) is 66.1 Å². The van der Waals surface area contributed by atoms with Crippen LogP contribution in [-0.2, 0) is 0 Å². The van der Waals surface area contributed by atoms with Gasteiger partial charge in [0.2, 0.25) is 0 Å². The molecule has 1 N–H and O–H groups in total. The number of benzene rings is 1. The molecule has 0 aliphatic carbocycles. The minimum Gasteiger partial charge on any atom is -0.494 e. The first-order chi connectivity index (χ1) is 16.1. The fourth-order valence-corrected chi connectivity index (χ4v) is 3.67. The summed E-state index contributed by atoms with van der Waals surface area (Å²) < 4.78 is 5.69. The molecular weight excluding hydrogens is 416 g/mol. The van der Waals surface area contributed by atoms with Gasteiger partial charge in [0, 0.05) is 44.0 Å². The van der Waals surface area contributed by atoms with Crippen molar-refractivity contribution < 1.29 is 9.53 Å². The Morgan fingerprint density at radius 1 is 1.00 bits per heavy atom. The molecule has 2 aromatic heterocycles. The third kappa shape index (κ3) is 5.97. The molecule has 0 spiro atoms. The van der Waals surface area contributed by atoms with Crippen molar-refractivity contribution in [3.63, 3.8) is 0 Å². The van der Waals surface area contributed by atoms with E-state index in [9.17, 15) is 4.79 Å². The summed E-state index contributed by atoms with van der Waals surface area (Å²) in [6, 6.07) is 13.3. The Bertz CT molecular complexity index is 1060. The zero-order valence-electron chi connectivity index (χ0n) is 19.2. The maximum Gasteiger partial charge on any atom is 0.253 e. The minimum atomic E-state index is 0.0466. The van der Waals surface area contributed by atoms with E-state index in [0.717, 1.165) is 35.8 Å². The first-order valence-electron chi connectivity index (χ1n) is 11.4. The highest BCUT2D eigenvalue weighted by Gasteiger charge is 2.23. The van der Waals surface area contributed by atoms with E-state index in [-0.39, 0.29) is 5.91 Å². The van der Waals surface area contributed by atoms with E-state index < -0.39 is 0 Å². The topological polar surface area (TPSA) is 83.5 Å². The lowest BCUT2D eigenvalue weighted by molar-refractivity contribution is 0.0746. The van der Waals surface area contributed by atoms with Gasteiger partial charge in [0.05, 0.1) is 6.61 Å². The van der Waals surface area contributed by atoms with Gasteiger partial charge in [0.15, 0.2) is 0 Å². The van der Waals surface area contributed by atoms with Crippen LogP contribution in [0.25, 0.3) is 0 Å². The smallest absolute Gasteiger partial charge is 0.253 e. The van der Waals surface area contributed by atoms with Crippen LogP contribution in [-0.4, -0.2) is 58.5 Å². The predicted octanol–water partition coefficient (Wildman–Crippen LogP) is 4.06. The van der Waals surface area contributed by atoms with Crippen LogP contribution in [0.5, 0.6) is 5.75 Å². The number of anilines is 3. The number of aromatic nitrogens is 3. The summed E-state index contributed by atoms with van der Waals surface area (Å²) in [5, 5.41) is 3.23. The molecule has 3 aromatic rings. The Morgan fingerprint density at radius 3 is 2.48 bits per heavy atom. The first kappa shape index (κ1) is 22.5. The van der Waals surface area contributed by atoms with Crippen LogP contribution in [0.1, 0.15) is 35.7 Å². The second kappa shape index (κ2) is 10.8. The highest BCUT2D eigenvalue weighted by atomic mass is 16.5. The minimum absolute atomic E-state index is 0.0466. The van der Waals surface area contributed by atoms with Crippen LogP contribution in [0, 0.1) is 6.92 Å². The number of nitrogens with zero attached hydrogens (tertiary/aromatic N) is 5. The van der Waals surface area contributed by atoms with E-state index in [1.807, 2.05) is 54.3 Å². The number of unbranched alkanes of at least 4 members (excludes halogenated alkanes) is 1. The summed E-state index contributed by atoms with van der Waals surface area (Å²) in [5.41, 5.74) is 1.81. The van der Waals surface area contributed by atoms with Crippen LogP contribution >= 0.6 is 0 Å². The van der Waals surface area contributed by atoms with E-state index >= 15 is 0 Å². The number of hydrogen-bond donors (Lipinski definition) is 1. The Hall–Kier alpha value is -3.68. The van der Waals surface area contributed by atoms with Crippen molar-refractivity contribution >= 4 is 23.4 Å². The number of hydrogen-bond acceptors (Lipinski definition) is 7. The van der Waals surface area contributed by atoms with Crippen molar-refractivity contribution in [1.82, 2.24) is 19.9 Å². The summed E-state index contributed by atoms with van der Waals surface area (Å²) in [5.74, 6) is 3.12. The Balaban J connectivity index is 1.32. The van der Waals surface area contributed by atoms with E-state index in [1.165, 1.54) is 0 Å². The zero-order chi connectivity index (χ0) is 23.0. The molecule has 1 aromatic carbocycles. The van der Waals surface area contributed by atoms with E-state index in [4.69, 9.17) is 4.74 Å². The molecule has 33 heavy (non-hydrogen) atoms. The molecule has 8 heteroatoms. The average Bonchev–Trinajstić information content (AvgIpc) is 2.84. The molecule has 1 amide bonds. The van der Waals surface area contributed by atoms with Gasteiger partial charge >= 0.3 is 0 Å². The Labute approximate surface area is 194 Å². The summed E-state index contributed by atoms with van der Waals surface area (Å²) in [7, 11) is 0. The predicted molar refractivity (Wildman–Crippen MR) is 129 cm³/mol. The zero-order valence-corrected chi connectivity index (χ0v) is 19.2. The number of rotatable bonds is 8. The molecule has 1 aliphatic heterocycles. The Kier molecular flexibility index (Phi) is 7.34. The van der Waals surface area contributed by atoms with Gasteiger partial charge < -0.3 is 19.9 Å². The monoisotopic (exact) mass is 446 g/mol. The fraction of sp³-hybridized carbons (Fsp3) is 0.360. The third-order valence-corrected chi connectivity index (χ3v) is 5.58. The van der Waals surface area contributed by atoms with Gasteiger partial charge in [-0.25, -0.2) is 15.0 Å². The molecule has 0 radical (unpaired) electrons. The van der Waals surface area contributed by atoms with Crippen molar-refractivity contribution in [2.24, 2.45) is 0 Å². The van der Waals surface area contributed by atoms with Crippen LogP contribution in [0.3, 0.4) is 0 Å². The van der Waals surface area contributed by atoms with Crippen LogP contribution in [0.4, 0.5) is 17.5 Å². The van der Waals surface area contributed by atoms with Crippen molar-refractivity contribution in [1.29, 1.82) is 0 Å². The molecule has 8 nitrogen and oxygen atoms in total. The van der Waals surface area contributed by atoms with Gasteiger partial charge in [-0.15, -0.1) is 0 Å². The lowest BCUT2D eigenvalue weighted by Gasteiger charge is -2.35. The highest BCUT2D eigenvalue weighted by molar-refractivity contribution is 5.94. The third-order valence-electron chi connectivity index (χ3n) is 5.58. The molecule has 1 saturated heterocycles. The standard InChI is InChI=1S/C25H30N6O2/c1-3-4-15-33-21-7-5-20(6-8-21)25(32)31-13-11-30(12-14-31)24-17-23(27-18-28-24)29-22-16-19(2)9-10-26-22/h5-10,16-18H,3-4,11-15H2,1-2H3,(H,26,27,28,29). The molecule has 0 saturated carbocycles. The van der Waals surface area contributed by atoms with E-state index in [0.29, 0.717) is 44.2 Å². The number of carbonyl (C=O) groups is 1. The summed E-state index contributed by atoms with van der Waals surface area (Å²) in [6.45, 7) is 7.56. The summed E-state index contributed by atoms with van der Waals surface area (Å²) in [6.07, 6.45) is 5.44. The number of pyridine rings is 1. The van der Waals surface area contributed by atoms with Gasteiger partial charge in [-0.3, -0.25) is 4.79 Å². The lowest BCUT2D eigenvalue weighted by Crippen LogP contribution is -2.49. The molecule has 3 heterocycles. The molecule has 0 bridgehead atoms. The molecular formula is C25H30N6O2. The SMILES string of the molecule is CCCCOc1ccc(C(=O)N2CCN(c3cc(Nc4cc(C)ccn4)ncn3)CC2)cc1. The summed E-state index contributed by atoms with van der Waals surface area (Å²) in [4.78, 5) is 30.0. The van der Waals surface area contributed by atoms with Crippen LogP contribution in [0.2, 0.25) is 0 Å². The first-order valence-corrected chi connectivity index (χ1v) is 11.4. The quantitative estimate of drug-likeness (QED) is 0.522. The number of amides is 1. The van der Waals surface area contributed by atoms with Gasteiger partial charge in [-0.2, -0.15) is 0 Å². The molecule has 4 rings (SSSR count). The number of piperazine rings is 1. The highest BCUT2D eigenvalue weighted by Crippen LogP contribution is 2.20. The average molecular weight is 447 g/mol. The molecule has 1 fully saturated rings. The Morgan fingerprint density at radius 2 is 1.76 bits per heavy atom. The van der Waals surface area contributed by atoms with Gasteiger partial charge in [0.25, 0.3) is 5.91 Å². The second-order valence-corrected chi connectivity index (χ2v) is 8.11. The number of carbonyl (C=O) groups excluding carboxylic acids is 1. The molecule has 0 unspecified atom stereocenters. The largest absolute Gasteiger partial charge is 0.494 e.